The summed E-state index contributed by atoms with van der Waals surface area (Å²) in [4.78, 5) is 30.2. The monoisotopic (exact) mass is 493 g/mol. The van der Waals surface area contributed by atoms with Crippen molar-refractivity contribution in [3.05, 3.63) is 101 Å². The van der Waals surface area contributed by atoms with Gasteiger partial charge < -0.3 is 15.1 Å². The van der Waals surface area contributed by atoms with E-state index in [2.05, 4.69) is 31.5 Å². The van der Waals surface area contributed by atoms with E-state index in [0.29, 0.717) is 22.0 Å². The number of halogens is 1. The quantitative estimate of drug-likeness (QED) is 0.339. The van der Waals surface area contributed by atoms with E-state index in [-0.39, 0.29) is 17.6 Å². The van der Waals surface area contributed by atoms with E-state index in [0.717, 1.165) is 9.37 Å². The molecule has 6 nitrogen and oxygen atoms in total. The molecule has 2 N–H and O–H groups in total. The van der Waals surface area contributed by atoms with Crippen LogP contribution in [0.5, 0.6) is 0 Å². The molecule has 0 saturated heterocycles. The summed E-state index contributed by atoms with van der Waals surface area (Å²) in [5.41, 5.74) is 1.67. The number of rotatable bonds is 6. The number of hydrogen-bond donors (Lipinski definition) is 2. The zero-order chi connectivity index (χ0) is 21.6. The van der Waals surface area contributed by atoms with Crippen LogP contribution >= 0.6 is 27.7 Å². The first-order valence-corrected chi connectivity index (χ1v) is 10.8. The van der Waals surface area contributed by atoms with Gasteiger partial charge in [0, 0.05) is 26.9 Å². The first kappa shape index (κ1) is 20.9. The van der Waals surface area contributed by atoms with Crippen LogP contribution in [0, 0.1) is 0 Å². The predicted octanol–water partition coefficient (Wildman–Crippen LogP) is 6.09. The Labute approximate surface area is 191 Å². The number of carbonyl (C=O) groups is 2. The summed E-state index contributed by atoms with van der Waals surface area (Å²) in [5.74, 6) is -0.378. The standard InChI is InChI=1S/C23H16BrN3O3S/c24-15-5-11-18(12-6-15)31-23-19(3-1-13-25-23)21(28)26-16-7-9-17(10-8-16)27-22(29)20-4-2-14-30-20/h1-14H,(H,26,28)(H,27,29). The van der Waals surface area contributed by atoms with Crippen LogP contribution in [0.4, 0.5) is 11.4 Å². The van der Waals surface area contributed by atoms with Crippen LogP contribution in [0.15, 0.2) is 104 Å². The van der Waals surface area contributed by atoms with E-state index < -0.39 is 0 Å². The van der Waals surface area contributed by atoms with Crippen LogP contribution < -0.4 is 10.6 Å². The number of benzene rings is 2. The minimum Gasteiger partial charge on any atom is -0.459 e. The number of nitrogens with zero attached hydrogens (tertiary/aromatic N) is 1. The fraction of sp³-hybridized carbons (Fsp3) is 0. The van der Waals surface area contributed by atoms with E-state index in [4.69, 9.17) is 4.42 Å². The first-order valence-electron chi connectivity index (χ1n) is 9.23. The van der Waals surface area contributed by atoms with Gasteiger partial charge in [-0.15, -0.1) is 0 Å². The zero-order valence-electron chi connectivity index (χ0n) is 16.0. The number of aromatic nitrogens is 1. The normalized spacial score (nSPS) is 10.5. The third kappa shape index (κ3) is 5.42. The molecule has 0 radical (unpaired) electrons. The second kappa shape index (κ2) is 9.63. The Kier molecular flexibility index (Phi) is 6.49. The number of carbonyl (C=O) groups excluding carboxylic acids is 2. The van der Waals surface area contributed by atoms with Crippen molar-refractivity contribution in [2.45, 2.75) is 9.92 Å². The average molecular weight is 494 g/mol. The molecule has 4 aromatic rings. The van der Waals surface area contributed by atoms with Gasteiger partial charge in [0.05, 0.1) is 11.8 Å². The Bertz CT molecular complexity index is 1190. The van der Waals surface area contributed by atoms with Crippen LogP contribution in [0.25, 0.3) is 0 Å². The van der Waals surface area contributed by atoms with Crippen molar-refractivity contribution in [1.82, 2.24) is 4.98 Å². The summed E-state index contributed by atoms with van der Waals surface area (Å²) in [6.07, 6.45) is 3.10. The molecular formula is C23H16BrN3O3S. The number of nitrogens with one attached hydrogen (secondary N) is 2. The molecule has 0 saturated carbocycles. The molecule has 0 aliphatic heterocycles. The lowest BCUT2D eigenvalue weighted by atomic mass is 10.2. The number of anilines is 2. The summed E-state index contributed by atoms with van der Waals surface area (Å²) >= 11 is 4.84. The van der Waals surface area contributed by atoms with Gasteiger partial charge in [0.1, 0.15) is 5.03 Å². The number of hydrogen-bond acceptors (Lipinski definition) is 5. The van der Waals surface area contributed by atoms with Crippen LogP contribution in [-0.4, -0.2) is 16.8 Å². The van der Waals surface area contributed by atoms with Gasteiger partial charge in [0.25, 0.3) is 11.8 Å². The maximum atomic E-state index is 12.8. The molecule has 2 aromatic carbocycles. The third-order valence-electron chi connectivity index (χ3n) is 4.19. The van der Waals surface area contributed by atoms with Crippen molar-refractivity contribution in [3.63, 3.8) is 0 Å². The predicted molar refractivity (Wildman–Crippen MR) is 124 cm³/mol. The molecule has 0 bridgehead atoms. The van der Waals surface area contributed by atoms with Gasteiger partial charge in [-0.2, -0.15) is 0 Å². The van der Waals surface area contributed by atoms with Gasteiger partial charge in [0.15, 0.2) is 5.76 Å². The summed E-state index contributed by atoms with van der Waals surface area (Å²) in [5, 5.41) is 6.22. The van der Waals surface area contributed by atoms with E-state index in [1.54, 1.807) is 54.7 Å². The van der Waals surface area contributed by atoms with Crippen molar-refractivity contribution in [3.8, 4) is 0 Å². The Hall–Kier alpha value is -3.36. The topological polar surface area (TPSA) is 84.2 Å². The molecular weight excluding hydrogens is 478 g/mol. The molecule has 2 heterocycles. The fourth-order valence-corrected chi connectivity index (χ4v) is 3.84. The SMILES string of the molecule is O=C(Nc1ccc(NC(=O)c2cccnc2Sc2ccc(Br)cc2)cc1)c1ccco1. The third-order valence-corrected chi connectivity index (χ3v) is 5.74. The number of amides is 2. The lowest BCUT2D eigenvalue weighted by Crippen LogP contribution is -2.14. The molecule has 0 aliphatic carbocycles. The van der Waals surface area contributed by atoms with Crippen molar-refractivity contribution in [1.29, 1.82) is 0 Å². The highest BCUT2D eigenvalue weighted by Crippen LogP contribution is 2.30. The largest absolute Gasteiger partial charge is 0.459 e. The zero-order valence-corrected chi connectivity index (χ0v) is 18.4. The Morgan fingerprint density at radius 3 is 2.16 bits per heavy atom. The molecule has 8 heteroatoms. The second-order valence-corrected chi connectivity index (χ2v) is 8.35. The van der Waals surface area contributed by atoms with E-state index in [1.165, 1.54) is 18.0 Å². The summed E-state index contributed by atoms with van der Waals surface area (Å²) in [7, 11) is 0. The molecule has 0 unspecified atom stereocenters. The van der Waals surface area contributed by atoms with Crippen LogP contribution in [0.1, 0.15) is 20.9 Å². The van der Waals surface area contributed by atoms with Gasteiger partial charge in [-0.05, 0) is 72.8 Å². The second-order valence-electron chi connectivity index (χ2n) is 6.37. The highest BCUT2D eigenvalue weighted by atomic mass is 79.9. The molecule has 0 fully saturated rings. The molecule has 154 valence electrons. The van der Waals surface area contributed by atoms with E-state index in [1.807, 2.05) is 24.3 Å². The van der Waals surface area contributed by atoms with Crippen molar-refractivity contribution >= 4 is 50.9 Å². The number of furan rings is 1. The Balaban J connectivity index is 1.43. The maximum absolute atomic E-state index is 12.8. The van der Waals surface area contributed by atoms with Crippen LogP contribution in [-0.2, 0) is 0 Å². The van der Waals surface area contributed by atoms with Gasteiger partial charge in [-0.25, -0.2) is 4.98 Å². The van der Waals surface area contributed by atoms with Gasteiger partial charge in [0.2, 0.25) is 0 Å². The fourth-order valence-electron chi connectivity index (χ4n) is 2.70. The van der Waals surface area contributed by atoms with Gasteiger partial charge >= 0.3 is 0 Å². The number of pyridine rings is 1. The first-order chi connectivity index (χ1) is 15.1. The molecule has 0 spiro atoms. The molecule has 0 atom stereocenters. The lowest BCUT2D eigenvalue weighted by Gasteiger charge is -2.10. The average Bonchev–Trinajstić information content (AvgIpc) is 3.32. The Morgan fingerprint density at radius 1 is 0.839 bits per heavy atom. The molecule has 2 aromatic heterocycles. The van der Waals surface area contributed by atoms with Crippen molar-refractivity contribution < 1.29 is 14.0 Å². The van der Waals surface area contributed by atoms with Crippen LogP contribution in [0.3, 0.4) is 0 Å². The van der Waals surface area contributed by atoms with E-state index in [9.17, 15) is 9.59 Å². The smallest absolute Gasteiger partial charge is 0.291 e. The molecule has 2 amide bonds. The van der Waals surface area contributed by atoms with Gasteiger partial charge in [-0.1, -0.05) is 27.7 Å². The summed E-state index contributed by atoms with van der Waals surface area (Å²) in [6, 6.07) is 21.3. The van der Waals surface area contributed by atoms with Crippen LogP contribution in [0.2, 0.25) is 0 Å². The highest BCUT2D eigenvalue weighted by molar-refractivity contribution is 9.10. The Morgan fingerprint density at radius 2 is 1.52 bits per heavy atom. The molecule has 4 rings (SSSR count). The van der Waals surface area contributed by atoms with Gasteiger partial charge in [-0.3, -0.25) is 9.59 Å². The minimum atomic E-state index is -0.341. The lowest BCUT2D eigenvalue weighted by molar-refractivity contribution is 0.0994. The summed E-state index contributed by atoms with van der Waals surface area (Å²) in [6.45, 7) is 0. The summed E-state index contributed by atoms with van der Waals surface area (Å²) < 4.78 is 6.06. The molecule has 31 heavy (non-hydrogen) atoms. The highest BCUT2D eigenvalue weighted by Gasteiger charge is 2.14. The van der Waals surface area contributed by atoms with E-state index >= 15 is 0 Å². The van der Waals surface area contributed by atoms with Crippen molar-refractivity contribution in [2.24, 2.45) is 0 Å². The minimum absolute atomic E-state index is 0.227. The van der Waals surface area contributed by atoms with Crippen molar-refractivity contribution in [2.75, 3.05) is 10.6 Å². The maximum Gasteiger partial charge on any atom is 0.291 e. The molecule has 0 aliphatic rings.